The summed E-state index contributed by atoms with van der Waals surface area (Å²) in [6.07, 6.45) is 6.10. The number of benzene rings is 2. The summed E-state index contributed by atoms with van der Waals surface area (Å²) >= 11 is 0. The van der Waals surface area contributed by atoms with E-state index in [1.54, 1.807) is 0 Å². The number of aromatic nitrogens is 2. The molecule has 3 aromatic rings. The highest BCUT2D eigenvalue weighted by atomic mass is 16.5. The van der Waals surface area contributed by atoms with Crippen LogP contribution in [0.25, 0.3) is 0 Å². The van der Waals surface area contributed by atoms with Gasteiger partial charge >= 0.3 is 0 Å². The molecule has 2 aliphatic rings. The number of hydrogen-bond donors (Lipinski definition) is 4. The fourth-order valence-electron chi connectivity index (χ4n) is 4.61. The van der Waals surface area contributed by atoms with E-state index >= 15 is 0 Å². The third-order valence-corrected chi connectivity index (χ3v) is 6.64. The van der Waals surface area contributed by atoms with Crippen molar-refractivity contribution < 1.29 is 4.74 Å². The summed E-state index contributed by atoms with van der Waals surface area (Å²) in [5.74, 6) is 2.44. The average molecular weight is 459 g/mol. The molecule has 2 heterocycles. The Morgan fingerprint density at radius 2 is 1.65 bits per heavy atom. The predicted octanol–water partition coefficient (Wildman–Crippen LogP) is 5.24. The van der Waals surface area contributed by atoms with E-state index in [9.17, 15) is 0 Å². The van der Waals surface area contributed by atoms with Crippen molar-refractivity contribution in [1.29, 1.82) is 5.41 Å². The second-order valence-electron chi connectivity index (χ2n) is 8.82. The smallest absolute Gasteiger partial charge is 0.141 e. The molecular weight excluding hydrogens is 424 g/mol. The third kappa shape index (κ3) is 5.20. The lowest BCUT2D eigenvalue weighted by Gasteiger charge is -2.47. The Labute approximate surface area is 201 Å². The molecule has 2 fully saturated rings. The topological polar surface area (TPSA) is 109 Å². The number of para-hydroxylation sites is 1. The highest BCUT2D eigenvalue weighted by molar-refractivity contribution is 6.16. The maximum absolute atomic E-state index is 8.81. The molecule has 5 N–H and O–H groups in total. The van der Waals surface area contributed by atoms with Gasteiger partial charge in [0.25, 0.3) is 0 Å². The molecule has 0 atom stereocenters. The zero-order valence-corrected chi connectivity index (χ0v) is 20.0. The van der Waals surface area contributed by atoms with Crippen molar-refractivity contribution in [3.8, 4) is 11.5 Å². The molecule has 0 radical (unpaired) electrons. The number of ether oxygens (including phenoxy) is 1. The summed E-state index contributed by atoms with van der Waals surface area (Å²) in [5, 5.41) is 15.8. The molecule has 7 nitrogen and oxygen atoms in total. The molecule has 178 valence electrons. The minimum atomic E-state index is 0.298. The zero-order chi connectivity index (χ0) is 24.0. The van der Waals surface area contributed by atoms with Crippen molar-refractivity contribution in [3.63, 3.8) is 0 Å². The Balaban J connectivity index is 0.00000133. The van der Waals surface area contributed by atoms with Crippen LogP contribution in [0.4, 0.5) is 11.6 Å². The van der Waals surface area contributed by atoms with Crippen molar-refractivity contribution in [2.75, 3.05) is 24.1 Å². The molecule has 0 amide bonds. The van der Waals surface area contributed by atoms with E-state index in [2.05, 4.69) is 20.6 Å². The largest absolute Gasteiger partial charge is 0.457 e. The number of nitrogen functional groups attached to an aromatic ring is 1. The van der Waals surface area contributed by atoms with Gasteiger partial charge in [-0.15, -0.1) is 0 Å². The van der Waals surface area contributed by atoms with Crippen LogP contribution in [0.1, 0.15) is 50.7 Å². The quantitative estimate of drug-likeness (QED) is 0.376. The van der Waals surface area contributed by atoms with E-state index in [-0.39, 0.29) is 0 Å². The lowest BCUT2D eigenvalue weighted by molar-refractivity contribution is 0.102. The molecule has 1 saturated heterocycles. The van der Waals surface area contributed by atoms with Gasteiger partial charge < -0.3 is 21.1 Å². The summed E-state index contributed by atoms with van der Waals surface area (Å²) in [6, 6.07) is 17.4. The Bertz CT molecular complexity index is 1090. The van der Waals surface area contributed by atoms with Crippen LogP contribution in [0, 0.1) is 10.8 Å². The summed E-state index contributed by atoms with van der Waals surface area (Å²) in [6.45, 7) is 6.28. The van der Waals surface area contributed by atoms with Gasteiger partial charge in [-0.1, -0.05) is 32.0 Å². The van der Waals surface area contributed by atoms with Gasteiger partial charge in [-0.2, -0.15) is 0 Å². The molecule has 1 aliphatic carbocycles. The Kier molecular flexibility index (Phi) is 7.43. The van der Waals surface area contributed by atoms with Gasteiger partial charge in [-0.25, -0.2) is 9.97 Å². The molecule has 0 unspecified atom stereocenters. The van der Waals surface area contributed by atoms with Crippen molar-refractivity contribution >= 4 is 17.3 Å². The average Bonchev–Trinajstić information content (AvgIpc) is 2.86. The third-order valence-electron chi connectivity index (χ3n) is 6.64. The Hall–Kier alpha value is -3.45. The molecule has 5 rings (SSSR count). The van der Waals surface area contributed by atoms with Crippen molar-refractivity contribution in [2.45, 2.75) is 45.6 Å². The fraction of sp³-hybridized carbons (Fsp3) is 0.370. The fourth-order valence-corrected chi connectivity index (χ4v) is 4.61. The number of nitrogens with two attached hydrogens (primary N) is 1. The van der Waals surface area contributed by atoms with Gasteiger partial charge in [0.05, 0.1) is 11.3 Å². The van der Waals surface area contributed by atoms with Gasteiger partial charge in [-0.3, -0.25) is 5.41 Å². The molecule has 2 aromatic carbocycles. The number of nitrogens with zero attached hydrogens (tertiary/aromatic N) is 2. The van der Waals surface area contributed by atoms with Crippen molar-refractivity contribution in [2.24, 2.45) is 5.41 Å². The van der Waals surface area contributed by atoms with Gasteiger partial charge in [0, 0.05) is 24.7 Å². The molecule has 1 aromatic heterocycles. The molecule has 1 aliphatic heterocycles. The van der Waals surface area contributed by atoms with Crippen molar-refractivity contribution in [1.82, 2.24) is 15.3 Å². The van der Waals surface area contributed by atoms with Crippen LogP contribution in [0.15, 0.2) is 60.9 Å². The van der Waals surface area contributed by atoms with Crippen LogP contribution < -0.4 is 21.1 Å². The second kappa shape index (κ2) is 10.7. The van der Waals surface area contributed by atoms with Crippen LogP contribution in [0.3, 0.4) is 0 Å². The zero-order valence-electron chi connectivity index (χ0n) is 20.0. The van der Waals surface area contributed by atoms with Crippen LogP contribution in [-0.4, -0.2) is 34.8 Å². The maximum atomic E-state index is 8.81. The van der Waals surface area contributed by atoms with Crippen LogP contribution in [0.5, 0.6) is 11.5 Å². The maximum Gasteiger partial charge on any atom is 0.141 e. The SMILES string of the molecule is CC.N=C(c1ccc(Oc2ccccc2)cc1)c1c(N)ncnc1NC1CCC2(CC1)CNC2. The highest BCUT2D eigenvalue weighted by Crippen LogP contribution is 2.40. The van der Waals surface area contributed by atoms with Gasteiger partial charge in [0.1, 0.15) is 29.5 Å². The Morgan fingerprint density at radius 1 is 1.00 bits per heavy atom. The summed E-state index contributed by atoms with van der Waals surface area (Å²) in [5.41, 5.74) is 8.29. The van der Waals surface area contributed by atoms with Gasteiger partial charge in [0.2, 0.25) is 0 Å². The standard InChI is InChI=1S/C25H28N6O.C2H6/c26-22(17-6-8-20(9-7-17)32-19-4-2-1-3-5-19)21-23(27)29-16-30-24(21)31-18-10-12-25(13-11-18)14-28-15-25;1-2/h1-9,16,18,26,28H,10-15H2,(H3,27,29,30,31);1-2H3. The number of rotatable bonds is 6. The van der Waals surface area contributed by atoms with Gasteiger partial charge in [0.15, 0.2) is 0 Å². The Morgan fingerprint density at radius 3 is 2.26 bits per heavy atom. The first kappa shape index (κ1) is 23.7. The highest BCUT2D eigenvalue weighted by Gasteiger charge is 2.40. The first-order valence-corrected chi connectivity index (χ1v) is 12.1. The summed E-state index contributed by atoms with van der Waals surface area (Å²) < 4.78 is 5.86. The number of nitrogens with one attached hydrogen (secondary N) is 3. The van der Waals surface area contributed by atoms with E-state index in [1.165, 1.54) is 19.2 Å². The minimum absolute atomic E-state index is 0.298. The van der Waals surface area contributed by atoms with E-state index in [4.69, 9.17) is 15.9 Å². The summed E-state index contributed by atoms with van der Waals surface area (Å²) in [4.78, 5) is 8.60. The van der Waals surface area contributed by atoms with Gasteiger partial charge in [-0.05, 0) is 67.5 Å². The monoisotopic (exact) mass is 458 g/mol. The van der Waals surface area contributed by atoms with E-state index in [0.717, 1.165) is 37.2 Å². The van der Waals surface area contributed by atoms with E-state index < -0.39 is 0 Å². The van der Waals surface area contributed by atoms with E-state index in [0.29, 0.717) is 40.1 Å². The van der Waals surface area contributed by atoms with Crippen LogP contribution >= 0.6 is 0 Å². The lowest BCUT2D eigenvalue weighted by atomic mass is 9.68. The second-order valence-corrected chi connectivity index (χ2v) is 8.82. The van der Waals surface area contributed by atoms with Crippen molar-refractivity contribution in [3.05, 3.63) is 72.1 Å². The lowest BCUT2D eigenvalue weighted by Crippen LogP contribution is -2.55. The molecule has 0 bridgehead atoms. The molecule has 34 heavy (non-hydrogen) atoms. The van der Waals surface area contributed by atoms with Crippen LogP contribution in [0.2, 0.25) is 0 Å². The molecule has 1 spiro atoms. The van der Waals surface area contributed by atoms with E-state index in [1.807, 2.05) is 68.4 Å². The minimum Gasteiger partial charge on any atom is -0.457 e. The first-order valence-electron chi connectivity index (χ1n) is 12.1. The first-order chi connectivity index (χ1) is 16.6. The predicted molar refractivity (Wildman–Crippen MR) is 138 cm³/mol. The number of anilines is 2. The normalized spacial score (nSPS) is 16.6. The molecule has 7 heteroatoms. The summed E-state index contributed by atoms with van der Waals surface area (Å²) in [7, 11) is 0. The van der Waals surface area contributed by atoms with Crippen LogP contribution in [-0.2, 0) is 0 Å². The molecule has 1 saturated carbocycles. The number of hydrogen-bond acceptors (Lipinski definition) is 7. The molecular formula is C27H34N6O.